The van der Waals surface area contributed by atoms with Crippen LogP contribution < -0.4 is 15.8 Å². The largest absolute Gasteiger partial charge is 0.325 e. The standard InChI is InChI=1S/C14H18N4O3S2/c1-2-4-12(15)13(19)17-10-5-3-6-11(9-10)23(20,21)18-14-16-7-8-22-14/h3,5-9,12H,2,4,15H2,1H3,(H,16,18)(H,17,19). The fourth-order valence-electron chi connectivity index (χ4n) is 1.87. The molecule has 0 bridgehead atoms. The molecule has 2 aromatic rings. The maximum atomic E-state index is 12.3. The van der Waals surface area contributed by atoms with Gasteiger partial charge in [-0.2, -0.15) is 0 Å². The zero-order valence-electron chi connectivity index (χ0n) is 12.5. The molecule has 1 heterocycles. The lowest BCUT2D eigenvalue weighted by Gasteiger charge is -2.12. The van der Waals surface area contributed by atoms with Gasteiger partial charge in [0.05, 0.1) is 10.9 Å². The number of hydrogen-bond donors (Lipinski definition) is 3. The van der Waals surface area contributed by atoms with Crippen molar-refractivity contribution in [2.75, 3.05) is 10.0 Å². The van der Waals surface area contributed by atoms with Crippen molar-refractivity contribution in [3.8, 4) is 0 Å². The third kappa shape index (κ3) is 4.75. The molecule has 1 aromatic carbocycles. The van der Waals surface area contributed by atoms with E-state index in [0.717, 1.165) is 6.42 Å². The maximum absolute atomic E-state index is 12.3. The van der Waals surface area contributed by atoms with Crippen LogP contribution in [0.15, 0.2) is 40.7 Å². The van der Waals surface area contributed by atoms with Gasteiger partial charge in [0.15, 0.2) is 5.13 Å². The summed E-state index contributed by atoms with van der Waals surface area (Å²) >= 11 is 1.18. The molecule has 1 atom stereocenters. The van der Waals surface area contributed by atoms with Crippen molar-refractivity contribution in [1.29, 1.82) is 0 Å². The number of nitrogens with two attached hydrogens (primary N) is 1. The van der Waals surface area contributed by atoms with Crippen LogP contribution in [0.3, 0.4) is 0 Å². The summed E-state index contributed by atoms with van der Waals surface area (Å²) in [5.41, 5.74) is 6.12. The van der Waals surface area contributed by atoms with Crippen molar-refractivity contribution in [1.82, 2.24) is 4.98 Å². The highest BCUT2D eigenvalue weighted by atomic mass is 32.2. The second kappa shape index (κ2) is 7.53. The zero-order valence-corrected chi connectivity index (χ0v) is 14.2. The van der Waals surface area contributed by atoms with E-state index in [1.165, 1.54) is 29.7 Å². The first-order valence-corrected chi connectivity index (χ1v) is 9.37. The van der Waals surface area contributed by atoms with Crippen LogP contribution in [0.5, 0.6) is 0 Å². The highest BCUT2D eigenvalue weighted by Crippen LogP contribution is 2.20. The van der Waals surface area contributed by atoms with Gasteiger partial charge in [0.1, 0.15) is 0 Å². The smallest absolute Gasteiger partial charge is 0.263 e. The minimum atomic E-state index is -3.76. The summed E-state index contributed by atoms with van der Waals surface area (Å²) in [6.07, 6.45) is 2.87. The number of hydrogen-bond acceptors (Lipinski definition) is 6. The van der Waals surface area contributed by atoms with E-state index in [-0.39, 0.29) is 15.9 Å². The predicted molar refractivity (Wildman–Crippen MR) is 90.9 cm³/mol. The number of nitrogens with zero attached hydrogens (tertiary/aromatic N) is 1. The van der Waals surface area contributed by atoms with Crippen molar-refractivity contribution in [2.45, 2.75) is 30.7 Å². The van der Waals surface area contributed by atoms with Gasteiger partial charge in [-0.1, -0.05) is 19.4 Å². The average molecular weight is 354 g/mol. The van der Waals surface area contributed by atoms with Gasteiger partial charge in [-0.3, -0.25) is 9.52 Å². The van der Waals surface area contributed by atoms with Gasteiger partial charge < -0.3 is 11.1 Å². The molecule has 1 aromatic heterocycles. The van der Waals surface area contributed by atoms with Gasteiger partial charge in [-0.25, -0.2) is 13.4 Å². The van der Waals surface area contributed by atoms with Crippen molar-refractivity contribution in [3.63, 3.8) is 0 Å². The highest BCUT2D eigenvalue weighted by Gasteiger charge is 2.17. The number of carbonyl (C=O) groups excluding carboxylic acids is 1. The van der Waals surface area contributed by atoms with Crippen LogP contribution in [0.1, 0.15) is 19.8 Å². The first kappa shape index (κ1) is 17.4. The Morgan fingerprint density at radius 3 is 2.87 bits per heavy atom. The lowest BCUT2D eigenvalue weighted by Crippen LogP contribution is -2.35. The lowest BCUT2D eigenvalue weighted by molar-refractivity contribution is -0.117. The Kier molecular flexibility index (Phi) is 5.69. The Labute approximate surface area is 139 Å². The molecule has 0 aliphatic heterocycles. The Balaban J connectivity index is 2.14. The Morgan fingerprint density at radius 2 is 2.22 bits per heavy atom. The maximum Gasteiger partial charge on any atom is 0.263 e. The molecule has 4 N–H and O–H groups in total. The van der Waals surface area contributed by atoms with Gasteiger partial charge in [0.25, 0.3) is 10.0 Å². The summed E-state index contributed by atoms with van der Waals surface area (Å²) in [5.74, 6) is -0.339. The second-order valence-electron chi connectivity index (χ2n) is 4.86. The number of sulfonamides is 1. The van der Waals surface area contributed by atoms with Crippen molar-refractivity contribution < 1.29 is 13.2 Å². The number of carbonyl (C=O) groups is 1. The quantitative estimate of drug-likeness (QED) is 0.704. The molecule has 0 fully saturated rings. The van der Waals surface area contributed by atoms with Gasteiger partial charge in [0, 0.05) is 17.3 Å². The summed E-state index contributed by atoms with van der Waals surface area (Å²) in [6, 6.07) is 5.37. The lowest BCUT2D eigenvalue weighted by atomic mass is 10.1. The minimum absolute atomic E-state index is 0.0366. The number of benzene rings is 1. The zero-order chi connectivity index (χ0) is 16.9. The molecule has 0 radical (unpaired) electrons. The predicted octanol–water partition coefficient (Wildman–Crippen LogP) is 2.01. The second-order valence-corrected chi connectivity index (χ2v) is 7.43. The monoisotopic (exact) mass is 354 g/mol. The Hall–Kier alpha value is -1.97. The third-order valence-corrected chi connectivity index (χ3v) is 5.16. The van der Waals surface area contributed by atoms with Gasteiger partial charge >= 0.3 is 0 Å². The minimum Gasteiger partial charge on any atom is -0.325 e. The molecule has 0 spiro atoms. The number of thiazole rings is 1. The number of nitrogens with one attached hydrogen (secondary N) is 2. The van der Waals surface area contributed by atoms with E-state index in [1.807, 2.05) is 6.92 Å². The topological polar surface area (TPSA) is 114 Å². The van der Waals surface area contributed by atoms with Crippen LogP contribution in [-0.2, 0) is 14.8 Å². The molecule has 2 rings (SSSR count). The summed E-state index contributed by atoms with van der Waals surface area (Å²) in [4.78, 5) is 15.8. The van der Waals surface area contributed by atoms with Crippen LogP contribution in [0, 0.1) is 0 Å². The van der Waals surface area contributed by atoms with E-state index in [0.29, 0.717) is 12.1 Å². The van der Waals surface area contributed by atoms with Crippen LogP contribution >= 0.6 is 11.3 Å². The van der Waals surface area contributed by atoms with Crippen molar-refractivity contribution in [2.24, 2.45) is 5.73 Å². The first-order chi connectivity index (χ1) is 10.9. The number of amides is 1. The van der Waals surface area contributed by atoms with E-state index >= 15 is 0 Å². The van der Waals surface area contributed by atoms with Crippen LogP contribution in [0.25, 0.3) is 0 Å². The molecule has 0 aliphatic carbocycles. The van der Waals surface area contributed by atoms with Crippen molar-refractivity contribution in [3.05, 3.63) is 35.8 Å². The van der Waals surface area contributed by atoms with Crippen molar-refractivity contribution >= 4 is 38.1 Å². The molecule has 9 heteroatoms. The SMILES string of the molecule is CCCC(N)C(=O)Nc1cccc(S(=O)(=O)Nc2nccs2)c1. The molecule has 0 aliphatic rings. The summed E-state index contributed by atoms with van der Waals surface area (Å²) in [6.45, 7) is 1.94. The normalized spacial score (nSPS) is 12.6. The summed E-state index contributed by atoms with van der Waals surface area (Å²) in [7, 11) is -3.76. The van der Waals surface area contributed by atoms with E-state index < -0.39 is 16.1 Å². The molecule has 0 saturated carbocycles. The number of rotatable bonds is 7. The van der Waals surface area contributed by atoms with Crippen LogP contribution in [-0.4, -0.2) is 25.4 Å². The Morgan fingerprint density at radius 1 is 1.43 bits per heavy atom. The molecule has 7 nitrogen and oxygen atoms in total. The third-order valence-electron chi connectivity index (χ3n) is 3.00. The van der Waals surface area contributed by atoms with Gasteiger partial charge in [-0.15, -0.1) is 11.3 Å². The molecular formula is C14H18N4O3S2. The van der Waals surface area contributed by atoms with Crippen LogP contribution in [0.4, 0.5) is 10.8 Å². The molecule has 23 heavy (non-hydrogen) atoms. The van der Waals surface area contributed by atoms with E-state index in [1.54, 1.807) is 17.5 Å². The highest BCUT2D eigenvalue weighted by molar-refractivity contribution is 7.93. The van der Waals surface area contributed by atoms with E-state index in [4.69, 9.17) is 5.73 Å². The summed E-state index contributed by atoms with van der Waals surface area (Å²) < 4.78 is 27.0. The van der Waals surface area contributed by atoms with Gasteiger partial charge in [0.2, 0.25) is 5.91 Å². The van der Waals surface area contributed by atoms with E-state index in [2.05, 4.69) is 15.0 Å². The number of aromatic nitrogens is 1. The Bertz CT molecular complexity index is 760. The van der Waals surface area contributed by atoms with Gasteiger partial charge in [-0.05, 0) is 24.6 Å². The fourth-order valence-corrected chi connectivity index (χ4v) is 3.70. The fraction of sp³-hybridized carbons (Fsp3) is 0.286. The molecule has 1 unspecified atom stereocenters. The molecule has 0 saturated heterocycles. The van der Waals surface area contributed by atoms with E-state index in [9.17, 15) is 13.2 Å². The molecule has 124 valence electrons. The molecule has 1 amide bonds. The average Bonchev–Trinajstić information content (AvgIpc) is 3.00. The van der Waals surface area contributed by atoms with Crippen LogP contribution in [0.2, 0.25) is 0 Å². The first-order valence-electron chi connectivity index (χ1n) is 7.01. The summed E-state index contributed by atoms with van der Waals surface area (Å²) in [5, 5.41) is 4.58. The molecular weight excluding hydrogens is 336 g/mol. The number of anilines is 2.